The summed E-state index contributed by atoms with van der Waals surface area (Å²) in [6.07, 6.45) is 0.422. The van der Waals surface area contributed by atoms with E-state index in [0.717, 1.165) is 16.9 Å². The second kappa shape index (κ2) is 4.31. The van der Waals surface area contributed by atoms with E-state index in [4.69, 9.17) is 9.47 Å². The summed E-state index contributed by atoms with van der Waals surface area (Å²) >= 11 is 0. The van der Waals surface area contributed by atoms with Crippen molar-refractivity contribution < 1.29 is 14.6 Å². The first-order valence-corrected chi connectivity index (χ1v) is 5.99. The van der Waals surface area contributed by atoms with Crippen molar-refractivity contribution >= 4 is 0 Å². The van der Waals surface area contributed by atoms with Crippen LogP contribution in [0.3, 0.4) is 0 Å². The zero-order valence-corrected chi connectivity index (χ0v) is 10.9. The van der Waals surface area contributed by atoms with Gasteiger partial charge in [-0.2, -0.15) is 0 Å². The number of aryl methyl sites for hydroxylation is 1. The van der Waals surface area contributed by atoms with Crippen molar-refractivity contribution in [2.75, 3.05) is 13.7 Å². The minimum absolute atomic E-state index is 0.196. The summed E-state index contributed by atoms with van der Waals surface area (Å²) in [7, 11) is 1.65. The Morgan fingerprint density at radius 1 is 1.41 bits per heavy atom. The molecule has 94 valence electrons. The molecule has 17 heavy (non-hydrogen) atoms. The number of methoxy groups -OCH3 is 1. The van der Waals surface area contributed by atoms with Gasteiger partial charge in [0.2, 0.25) is 0 Å². The van der Waals surface area contributed by atoms with Crippen LogP contribution in [0.5, 0.6) is 5.75 Å². The van der Waals surface area contributed by atoms with Crippen molar-refractivity contribution in [1.82, 2.24) is 0 Å². The van der Waals surface area contributed by atoms with Crippen molar-refractivity contribution in [3.05, 3.63) is 28.8 Å². The van der Waals surface area contributed by atoms with E-state index < -0.39 is 5.60 Å². The van der Waals surface area contributed by atoms with Gasteiger partial charge in [-0.15, -0.1) is 0 Å². The fraction of sp³-hybridized carbons (Fsp3) is 0.571. The van der Waals surface area contributed by atoms with Gasteiger partial charge in [-0.05, 0) is 31.9 Å². The molecule has 1 aliphatic heterocycles. The molecule has 1 N–H and O–H groups in total. The van der Waals surface area contributed by atoms with Crippen LogP contribution in [0.2, 0.25) is 0 Å². The molecule has 0 spiro atoms. The van der Waals surface area contributed by atoms with Gasteiger partial charge in [0.05, 0.1) is 19.8 Å². The molecule has 2 atom stereocenters. The molecule has 0 aromatic heterocycles. The number of aliphatic hydroxyl groups is 1. The third-order valence-corrected chi connectivity index (χ3v) is 3.87. The highest BCUT2D eigenvalue weighted by molar-refractivity contribution is 5.48. The molecule has 0 bridgehead atoms. The molecular formula is C14H20O3. The van der Waals surface area contributed by atoms with E-state index in [1.54, 1.807) is 7.11 Å². The van der Waals surface area contributed by atoms with Crippen LogP contribution < -0.4 is 4.74 Å². The maximum atomic E-state index is 10.8. The number of hydrogen-bond acceptors (Lipinski definition) is 3. The summed E-state index contributed by atoms with van der Waals surface area (Å²) < 4.78 is 11.0. The Morgan fingerprint density at radius 2 is 2.12 bits per heavy atom. The molecule has 1 aromatic rings. The zero-order chi connectivity index (χ0) is 12.6. The molecule has 3 heteroatoms. The molecule has 1 heterocycles. The smallest absolute Gasteiger partial charge is 0.128 e. The third kappa shape index (κ3) is 1.83. The highest BCUT2D eigenvalue weighted by Crippen LogP contribution is 2.42. The summed E-state index contributed by atoms with van der Waals surface area (Å²) in [6.45, 7) is 6.55. The summed E-state index contributed by atoms with van der Waals surface area (Å²) in [5.74, 6) is 0.782. The van der Waals surface area contributed by atoms with Crippen LogP contribution in [-0.2, 0) is 10.3 Å². The molecule has 0 radical (unpaired) electrons. The zero-order valence-electron chi connectivity index (χ0n) is 10.9. The lowest BCUT2D eigenvalue weighted by Crippen LogP contribution is -2.33. The van der Waals surface area contributed by atoms with Gasteiger partial charge in [-0.1, -0.05) is 12.1 Å². The van der Waals surface area contributed by atoms with Gasteiger partial charge < -0.3 is 14.6 Å². The second-order valence-electron chi connectivity index (χ2n) is 4.78. The Kier molecular flexibility index (Phi) is 3.15. The predicted octanol–water partition coefficient (Wildman–Crippen LogP) is 2.31. The van der Waals surface area contributed by atoms with Gasteiger partial charge in [-0.25, -0.2) is 0 Å². The lowest BCUT2D eigenvalue weighted by molar-refractivity contribution is -0.0331. The van der Waals surface area contributed by atoms with Gasteiger partial charge in [-0.3, -0.25) is 0 Å². The normalized spacial score (nSPS) is 28.4. The van der Waals surface area contributed by atoms with Crippen LogP contribution in [0, 0.1) is 13.8 Å². The molecule has 2 rings (SSSR count). The molecule has 1 saturated heterocycles. The van der Waals surface area contributed by atoms with E-state index >= 15 is 0 Å². The van der Waals surface area contributed by atoms with Crippen LogP contribution in [-0.4, -0.2) is 24.9 Å². The molecule has 0 aliphatic carbocycles. The van der Waals surface area contributed by atoms with Gasteiger partial charge in [0.15, 0.2) is 0 Å². The monoisotopic (exact) mass is 236 g/mol. The third-order valence-electron chi connectivity index (χ3n) is 3.87. The average Bonchev–Trinajstić information content (AvgIpc) is 2.64. The van der Waals surface area contributed by atoms with E-state index in [1.165, 1.54) is 5.56 Å². The number of rotatable bonds is 2. The second-order valence-corrected chi connectivity index (χ2v) is 4.78. The minimum Gasteiger partial charge on any atom is -0.496 e. The van der Waals surface area contributed by atoms with Crippen LogP contribution >= 0.6 is 0 Å². The SMILES string of the molecule is COc1c(C2(O)CCOC2C)ccc(C)c1C. The Labute approximate surface area is 102 Å². The molecule has 1 fully saturated rings. The Hall–Kier alpha value is -1.06. The van der Waals surface area contributed by atoms with E-state index in [-0.39, 0.29) is 6.10 Å². The lowest BCUT2D eigenvalue weighted by atomic mass is 9.85. The standard InChI is InChI=1S/C14H20O3/c1-9-5-6-12(13(16-4)10(9)2)14(15)7-8-17-11(14)3/h5-6,11,15H,7-8H2,1-4H3. The van der Waals surface area contributed by atoms with E-state index in [1.807, 2.05) is 32.9 Å². The Bertz CT molecular complexity index is 428. The van der Waals surface area contributed by atoms with E-state index in [2.05, 4.69) is 0 Å². The van der Waals surface area contributed by atoms with Crippen LogP contribution in [0.1, 0.15) is 30.0 Å². The van der Waals surface area contributed by atoms with Crippen molar-refractivity contribution in [3.8, 4) is 5.75 Å². The topological polar surface area (TPSA) is 38.7 Å². The highest BCUT2D eigenvalue weighted by Gasteiger charge is 2.43. The maximum absolute atomic E-state index is 10.8. The predicted molar refractivity (Wildman–Crippen MR) is 66.4 cm³/mol. The van der Waals surface area contributed by atoms with Crippen molar-refractivity contribution in [1.29, 1.82) is 0 Å². The Morgan fingerprint density at radius 3 is 2.65 bits per heavy atom. The minimum atomic E-state index is -0.927. The first-order valence-electron chi connectivity index (χ1n) is 5.99. The molecule has 0 amide bonds. The first kappa shape index (κ1) is 12.4. The van der Waals surface area contributed by atoms with Gasteiger partial charge in [0.1, 0.15) is 11.4 Å². The van der Waals surface area contributed by atoms with Crippen LogP contribution in [0.4, 0.5) is 0 Å². The quantitative estimate of drug-likeness (QED) is 0.856. The number of ether oxygens (including phenoxy) is 2. The van der Waals surface area contributed by atoms with Crippen LogP contribution in [0.15, 0.2) is 12.1 Å². The summed E-state index contributed by atoms with van der Waals surface area (Å²) in [4.78, 5) is 0. The molecule has 1 aliphatic rings. The molecule has 3 nitrogen and oxygen atoms in total. The summed E-state index contributed by atoms with van der Waals surface area (Å²) in [5.41, 5.74) is 2.16. The fourth-order valence-corrected chi connectivity index (χ4v) is 2.48. The van der Waals surface area contributed by atoms with Crippen LogP contribution in [0.25, 0.3) is 0 Å². The van der Waals surface area contributed by atoms with E-state index in [9.17, 15) is 5.11 Å². The van der Waals surface area contributed by atoms with Gasteiger partial charge in [0, 0.05) is 12.0 Å². The average molecular weight is 236 g/mol. The molecule has 0 saturated carbocycles. The Balaban J connectivity index is 2.56. The fourth-order valence-electron chi connectivity index (χ4n) is 2.48. The maximum Gasteiger partial charge on any atom is 0.128 e. The van der Waals surface area contributed by atoms with E-state index in [0.29, 0.717) is 13.0 Å². The number of hydrogen-bond donors (Lipinski definition) is 1. The number of benzene rings is 1. The lowest BCUT2D eigenvalue weighted by Gasteiger charge is -2.29. The summed E-state index contributed by atoms with van der Waals surface area (Å²) in [5, 5.41) is 10.8. The van der Waals surface area contributed by atoms with Gasteiger partial charge in [0.25, 0.3) is 0 Å². The summed E-state index contributed by atoms with van der Waals surface area (Å²) in [6, 6.07) is 3.97. The molecular weight excluding hydrogens is 216 g/mol. The van der Waals surface area contributed by atoms with Crippen molar-refractivity contribution in [2.24, 2.45) is 0 Å². The van der Waals surface area contributed by atoms with Crippen molar-refractivity contribution in [2.45, 2.75) is 38.9 Å². The molecule has 2 unspecified atom stereocenters. The largest absolute Gasteiger partial charge is 0.496 e. The molecule has 1 aromatic carbocycles. The highest BCUT2D eigenvalue weighted by atomic mass is 16.5. The van der Waals surface area contributed by atoms with Crippen molar-refractivity contribution in [3.63, 3.8) is 0 Å². The first-order chi connectivity index (χ1) is 8.00. The van der Waals surface area contributed by atoms with Gasteiger partial charge >= 0.3 is 0 Å².